The molecule has 1 aromatic heterocycles. The molecule has 0 aliphatic heterocycles. The SMILES string of the molecule is COc1cccc(CNC2CCCC2n2ccnc2)c1O. The maximum atomic E-state index is 10.1. The van der Waals surface area contributed by atoms with Gasteiger partial charge in [-0.05, 0) is 25.3 Å². The summed E-state index contributed by atoms with van der Waals surface area (Å²) in [5, 5.41) is 13.7. The first-order valence-electron chi connectivity index (χ1n) is 7.35. The Morgan fingerprint density at radius 3 is 3.10 bits per heavy atom. The maximum Gasteiger partial charge on any atom is 0.162 e. The predicted molar refractivity (Wildman–Crippen MR) is 80.4 cm³/mol. The summed E-state index contributed by atoms with van der Waals surface area (Å²) < 4.78 is 7.32. The average molecular weight is 287 g/mol. The van der Waals surface area contributed by atoms with Crippen molar-refractivity contribution in [2.24, 2.45) is 0 Å². The standard InChI is InChI=1S/C16H21N3O2/c1-21-15-7-2-4-12(16(15)20)10-18-13-5-3-6-14(13)19-9-8-17-11-19/h2,4,7-9,11,13-14,18,20H,3,5-6,10H2,1H3. The number of phenols is 1. The minimum Gasteiger partial charge on any atom is -0.504 e. The first-order valence-corrected chi connectivity index (χ1v) is 7.35. The first-order chi connectivity index (χ1) is 10.3. The Balaban J connectivity index is 1.67. The fourth-order valence-corrected chi connectivity index (χ4v) is 3.12. The van der Waals surface area contributed by atoms with E-state index >= 15 is 0 Å². The van der Waals surface area contributed by atoms with Gasteiger partial charge in [-0.15, -0.1) is 0 Å². The zero-order valence-corrected chi connectivity index (χ0v) is 12.2. The lowest BCUT2D eigenvalue weighted by Gasteiger charge is -2.22. The van der Waals surface area contributed by atoms with Crippen molar-refractivity contribution >= 4 is 0 Å². The quantitative estimate of drug-likeness (QED) is 0.887. The minimum absolute atomic E-state index is 0.227. The Labute approximate surface area is 124 Å². The molecule has 0 bridgehead atoms. The summed E-state index contributed by atoms with van der Waals surface area (Å²) in [5.41, 5.74) is 0.866. The van der Waals surface area contributed by atoms with Gasteiger partial charge in [0.1, 0.15) is 0 Å². The predicted octanol–water partition coefficient (Wildman–Crippen LogP) is 2.48. The van der Waals surface area contributed by atoms with Gasteiger partial charge >= 0.3 is 0 Å². The normalized spacial score (nSPS) is 21.6. The van der Waals surface area contributed by atoms with Gasteiger partial charge in [-0.25, -0.2) is 4.98 Å². The number of aromatic nitrogens is 2. The number of nitrogens with zero attached hydrogens (tertiary/aromatic N) is 2. The van der Waals surface area contributed by atoms with Crippen molar-refractivity contribution in [3.8, 4) is 11.5 Å². The van der Waals surface area contributed by atoms with Crippen LogP contribution < -0.4 is 10.1 Å². The minimum atomic E-state index is 0.227. The van der Waals surface area contributed by atoms with Crippen molar-refractivity contribution < 1.29 is 9.84 Å². The van der Waals surface area contributed by atoms with Gasteiger partial charge in [-0.1, -0.05) is 12.1 Å². The van der Waals surface area contributed by atoms with E-state index in [1.807, 2.05) is 30.9 Å². The van der Waals surface area contributed by atoms with Crippen molar-refractivity contribution in [1.82, 2.24) is 14.9 Å². The number of benzene rings is 1. The second-order valence-corrected chi connectivity index (χ2v) is 5.46. The summed E-state index contributed by atoms with van der Waals surface area (Å²) in [6.45, 7) is 0.638. The van der Waals surface area contributed by atoms with E-state index in [2.05, 4.69) is 14.9 Å². The molecule has 112 valence electrons. The van der Waals surface area contributed by atoms with Gasteiger partial charge in [-0.2, -0.15) is 0 Å². The molecule has 2 unspecified atom stereocenters. The molecule has 1 aliphatic carbocycles. The molecule has 3 rings (SSSR count). The number of para-hydroxylation sites is 1. The number of ether oxygens (including phenoxy) is 1. The molecule has 5 heteroatoms. The van der Waals surface area contributed by atoms with E-state index in [0.29, 0.717) is 24.4 Å². The number of methoxy groups -OCH3 is 1. The molecule has 1 fully saturated rings. The fourth-order valence-electron chi connectivity index (χ4n) is 3.12. The van der Waals surface area contributed by atoms with Gasteiger partial charge in [0.05, 0.1) is 13.4 Å². The molecule has 0 amide bonds. The smallest absolute Gasteiger partial charge is 0.162 e. The fraction of sp³-hybridized carbons (Fsp3) is 0.438. The first kappa shape index (κ1) is 13.9. The van der Waals surface area contributed by atoms with Gasteiger partial charge in [0.25, 0.3) is 0 Å². The van der Waals surface area contributed by atoms with E-state index in [-0.39, 0.29) is 5.75 Å². The molecule has 5 nitrogen and oxygen atoms in total. The number of aromatic hydroxyl groups is 1. The third kappa shape index (κ3) is 2.88. The van der Waals surface area contributed by atoms with Crippen LogP contribution in [0.4, 0.5) is 0 Å². The highest BCUT2D eigenvalue weighted by atomic mass is 16.5. The zero-order valence-electron chi connectivity index (χ0n) is 12.2. The summed E-state index contributed by atoms with van der Waals surface area (Å²) >= 11 is 0. The van der Waals surface area contributed by atoms with Crippen molar-refractivity contribution in [3.63, 3.8) is 0 Å². The zero-order chi connectivity index (χ0) is 14.7. The molecule has 21 heavy (non-hydrogen) atoms. The molecule has 2 aromatic rings. The summed E-state index contributed by atoms with van der Waals surface area (Å²) in [6, 6.07) is 6.44. The van der Waals surface area contributed by atoms with E-state index in [4.69, 9.17) is 4.74 Å². The number of imidazole rings is 1. The highest BCUT2D eigenvalue weighted by Crippen LogP contribution is 2.32. The lowest BCUT2D eigenvalue weighted by Crippen LogP contribution is -2.33. The van der Waals surface area contributed by atoms with Crippen molar-refractivity contribution in [1.29, 1.82) is 0 Å². The van der Waals surface area contributed by atoms with Crippen molar-refractivity contribution in [2.45, 2.75) is 37.9 Å². The molecular weight excluding hydrogens is 266 g/mol. The summed E-state index contributed by atoms with van der Waals surface area (Å²) in [5.74, 6) is 0.747. The van der Waals surface area contributed by atoms with E-state index in [1.165, 1.54) is 6.42 Å². The molecule has 1 aliphatic rings. The molecule has 0 saturated heterocycles. The maximum absolute atomic E-state index is 10.1. The van der Waals surface area contributed by atoms with Gasteiger partial charge in [0.15, 0.2) is 11.5 Å². The molecule has 1 aromatic carbocycles. The molecule has 1 saturated carbocycles. The second-order valence-electron chi connectivity index (χ2n) is 5.46. The number of nitrogens with one attached hydrogen (secondary N) is 1. The third-order valence-corrected chi connectivity index (χ3v) is 4.24. The third-order valence-electron chi connectivity index (χ3n) is 4.24. The Kier molecular flexibility index (Phi) is 4.10. The molecule has 2 atom stereocenters. The van der Waals surface area contributed by atoms with E-state index in [0.717, 1.165) is 18.4 Å². The molecule has 0 spiro atoms. The van der Waals surface area contributed by atoms with Crippen LogP contribution in [0.2, 0.25) is 0 Å². The van der Waals surface area contributed by atoms with Gasteiger partial charge in [0, 0.05) is 36.6 Å². The van der Waals surface area contributed by atoms with Crippen molar-refractivity contribution in [2.75, 3.05) is 7.11 Å². The van der Waals surface area contributed by atoms with Crippen LogP contribution >= 0.6 is 0 Å². The van der Waals surface area contributed by atoms with Gasteiger partial charge < -0.3 is 19.7 Å². The highest BCUT2D eigenvalue weighted by Gasteiger charge is 2.28. The van der Waals surface area contributed by atoms with E-state index < -0.39 is 0 Å². The molecule has 1 heterocycles. The Hall–Kier alpha value is -2.01. The summed E-state index contributed by atoms with van der Waals surface area (Å²) in [6.07, 6.45) is 9.25. The van der Waals surface area contributed by atoms with Crippen LogP contribution in [0, 0.1) is 0 Å². The largest absolute Gasteiger partial charge is 0.504 e. The van der Waals surface area contributed by atoms with Crippen LogP contribution in [0.25, 0.3) is 0 Å². The summed E-state index contributed by atoms with van der Waals surface area (Å²) in [7, 11) is 1.57. The van der Waals surface area contributed by atoms with Gasteiger partial charge in [-0.3, -0.25) is 0 Å². The van der Waals surface area contributed by atoms with Crippen LogP contribution in [0.5, 0.6) is 11.5 Å². The number of rotatable bonds is 5. The molecule has 0 radical (unpaired) electrons. The molecule has 2 N–H and O–H groups in total. The van der Waals surface area contributed by atoms with Crippen LogP contribution in [0.3, 0.4) is 0 Å². The van der Waals surface area contributed by atoms with E-state index in [1.54, 1.807) is 13.2 Å². The average Bonchev–Trinajstić information content (AvgIpc) is 3.17. The van der Waals surface area contributed by atoms with Crippen molar-refractivity contribution in [3.05, 3.63) is 42.5 Å². The lowest BCUT2D eigenvalue weighted by atomic mass is 10.1. The van der Waals surface area contributed by atoms with E-state index in [9.17, 15) is 5.11 Å². The Morgan fingerprint density at radius 1 is 1.43 bits per heavy atom. The topological polar surface area (TPSA) is 59.3 Å². The van der Waals surface area contributed by atoms with Crippen LogP contribution in [-0.4, -0.2) is 27.8 Å². The monoisotopic (exact) mass is 287 g/mol. The highest BCUT2D eigenvalue weighted by molar-refractivity contribution is 5.45. The Morgan fingerprint density at radius 2 is 2.33 bits per heavy atom. The number of hydrogen-bond donors (Lipinski definition) is 2. The number of hydrogen-bond acceptors (Lipinski definition) is 4. The number of phenolic OH excluding ortho intramolecular Hbond substituents is 1. The Bertz CT molecular complexity index is 583. The summed E-state index contributed by atoms with van der Waals surface area (Å²) in [4.78, 5) is 4.13. The lowest BCUT2D eigenvalue weighted by molar-refractivity contribution is 0.362. The second kappa shape index (κ2) is 6.18. The van der Waals surface area contributed by atoms with Crippen LogP contribution in [0.1, 0.15) is 30.9 Å². The molecular formula is C16H21N3O2. The van der Waals surface area contributed by atoms with Crippen LogP contribution in [-0.2, 0) is 6.54 Å². The van der Waals surface area contributed by atoms with Gasteiger partial charge in [0.2, 0.25) is 0 Å². The van der Waals surface area contributed by atoms with Crippen LogP contribution in [0.15, 0.2) is 36.9 Å².